The molecule has 1 N–H and O–H groups in total. The zero-order valence-corrected chi connectivity index (χ0v) is 12.5. The fourth-order valence-corrected chi connectivity index (χ4v) is 2.05. The van der Waals surface area contributed by atoms with Crippen LogP contribution in [0.3, 0.4) is 0 Å². The zero-order chi connectivity index (χ0) is 16.3. The van der Waals surface area contributed by atoms with Crippen LogP contribution in [0.2, 0.25) is 0 Å². The Bertz CT molecular complexity index is 721. The third kappa shape index (κ3) is 3.33. The Hall–Kier alpha value is -2.63. The third-order valence-electron chi connectivity index (χ3n) is 3.25. The van der Waals surface area contributed by atoms with Crippen LogP contribution in [0.15, 0.2) is 28.7 Å². The van der Waals surface area contributed by atoms with Crippen LogP contribution in [0.25, 0.3) is 0 Å². The quantitative estimate of drug-likeness (QED) is 0.881. The topological polar surface area (TPSA) is 68.5 Å². The highest BCUT2D eigenvalue weighted by molar-refractivity contribution is 5.96. The summed E-state index contributed by atoms with van der Waals surface area (Å²) >= 11 is 0. The van der Waals surface area contributed by atoms with Crippen molar-refractivity contribution in [2.75, 3.05) is 11.9 Å². The lowest BCUT2D eigenvalue weighted by atomic mass is 10.1. The second-order valence-electron chi connectivity index (χ2n) is 4.82. The number of carbonyl (C=O) groups is 2. The molecule has 2 rings (SSSR count). The Labute approximate surface area is 127 Å². The number of hydrogen-bond donors (Lipinski definition) is 1. The van der Waals surface area contributed by atoms with Gasteiger partial charge in [0.15, 0.2) is 6.61 Å². The van der Waals surface area contributed by atoms with Gasteiger partial charge in [-0.3, -0.25) is 4.79 Å². The van der Waals surface area contributed by atoms with Gasteiger partial charge < -0.3 is 14.5 Å². The van der Waals surface area contributed by atoms with Gasteiger partial charge in [-0.05, 0) is 32.9 Å². The fraction of sp³-hybridized carbons (Fsp3) is 0.250. The lowest BCUT2D eigenvalue weighted by Crippen LogP contribution is -2.21. The molecule has 1 aromatic carbocycles. The van der Waals surface area contributed by atoms with Gasteiger partial charge >= 0.3 is 5.97 Å². The van der Waals surface area contributed by atoms with Gasteiger partial charge in [-0.15, -0.1) is 0 Å². The largest absolute Gasteiger partial charge is 0.465 e. The van der Waals surface area contributed by atoms with Crippen LogP contribution in [-0.2, 0) is 9.53 Å². The lowest BCUT2D eigenvalue weighted by molar-refractivity contribution is -0.119. The van der Waals surface area contributed by atoms with Gasteiger partial charge in [-0.25, -0.2) is 9.18 Å². The number of nitrogens with one attached hydrogen (secondary N) is 1. The summed E-state index contributed by atoms with van der Waals surface area (Å²) in [5.41, 5.74) is 1.03. The van der Waals surface area contributed by atoms with E-state index in [0.29, 0.717) is 22.6 Å². The van der Waals surface area contributed by atoms with Crippen molar-refractivity contribution >= 4 is 17.6 Å². The predicted octanol–water partition coefficient (Wildman–Crippen LogP) is 3.14. The Morgan fingerprint density at radius 2 is 1.86 bits per heavy atom. The van der Waals surface area contributed by atoms with Crippen LogP contribution in [0.1, 0.15) is 27.4 Å². The lowest BCUT2D eigenvalue weighted by Gasteiger charge is -2.07. The number of hydrogen-bond acceptors (Lipinski definition) is 4. The number of amides is 1. The molecule has 1 aromatic heterocycles. The standard InChI is InChI=1S/C16H16FNO4/c1-9-10(2)22-11(3)15(9)16(20)21-8-14(19)18-13-7-5-4-6-12(13)17/h4-7H,8H2,1-3H3,(H,18,19). The number of ether oxygens (including phenoxy) is 1. The molecule has 22 heavy (non-hydrogen) atoms. The number of benzene rings is 1. The molecule has 0 aliphatic rings. The first kappa shape index (κ1) is 15.8. The van der Waals surface area contributed by atoms with Gasteiger partial charge in [0.05, 0.1) is 5.69 Å². The van der Waals surface area contributed by atoms with Crippen LogP contribution in [0.5, 0.6) is 0 Å². The second-order valence-corrected chi connectivity index (χ2v) is 4.82. The molecule has 0 bridgehead atoms. The average Bonchev–Trinajstić information content (AvgIpc) is 2.72. The molecule has 0 radical (unpaired) electrons. The molecule has 2 aromatic rings. The second kappa shape index (κ2) is 6.43. The maximum Gasteiger partial charge on any atom is 0.342 e. The first-order valence-electron chi connectivity index (χ1n) is 6.68. The maximum atomic E-state index is 13.4. The van der Waals surface area contributed by atoms with E-state index in [9.17, 15) is 14.0 Å². The van der Waals surface area contributed by atoms with E-state index in [-0.39, 0.29) is 5.69 Å². The predicted molar refractivity (Wildman–Crippen MR) is 78.2 cm³/mol. The maximum absolute atomic E-state index is 13.4. The molecule has 0 aliphatic heterocycles. The zero-order valence-electron chi connectivity index (χ0n) is 12.5. The van der Waals surface area contributed by atoms with E-state index >= 15 is 0 Å². The Kier molecular flexibility index (Phi) is 4.60. The number of para-hydroxylation sites is 1. The van der Waals surface area contributed by atoms with Crippen LogP contribution in [0, 0.1) is 26.6 Å². The monoisotopic (exact) mass is 305 g/mol. The molecule has 1 heterocycles. The molecular formula is C16H16FNO4. The molecule has 0 unspecified atom stereocenters. The summed E-state index contributed by atoms with van der Waals surface area (Å²) in [6, 6.07) is 5.74. The summed E-state index contributed by atoms with van der Waals surface area (Å²) in [5, 5.41) is 2.34. The minimum Gasteiger partial charge on any atom is -0.465 e. The van der Waals surface area contributed by atoms with Gasteiger partial charge in [0.2, 0.25) is 0 Å². The van der Waals surface area contributed by atoms with E-state index in [4.69, 9.17) is 9.15 Å². The van der Waals surface area contributed by atoms with Crippen LogP contribution >= 0.6 is 0 Å². The van der Waals surface area contributed by atoms with Crippen molar-refractivity contribution in [3.05, 3.63) is 52.7 Å². The van der Waals surface area contributed by atoms with Crippen molar-refractivity contribution < 1.29 is 23.1 Å². The molecule has 0 saturated heterocycles. The highest BCUT2D eigenvalue weighted by Gasteiger charge is 2.20. The number of carbonyl (C=O) groups excluding carboxylic acids is 2. The highest BCUT2D eigenvalue weighted by Crippen LogP contribution is 2.21. The summed E-state index contributed by atoms with van der Waals surface area (Å²) in [6.45, 7) is 4.62. The molecule has 0 aliphatic carbocycles. The van der Waals surface area contributed by atoms with E-state index < -0.39 is 24.3 Å². The van der Waals surface area contributed by atoms with Crippen molar-refractivity contribution in [3.63, 3.8) is 0 Å². The third-order valence-corrected chi connectivity index (χ3v) is 3.25. The average molecular weight is 305 g/mol. The van der Waals surface area contributed by atoms with Crippen molar-refractivity contribution in [1.82, 2.24) is 0 Å². The molecule has 0 saturated carbocycles. The van der Waals surface area contributed by atoms with Crippen molar-refractivity contribution in [3.8, 4) is 0 Å². The van der Waals surface area contributed by atoms with Crippen LogP contribution < -0.4 is 5.32 Å². The number of esters is 1. The molecular weight excluding hydrogens is 289 g/mol. The minimum atomic E-state index is -0.643. The van der Waals surface area contributed by atoms with Crippen molar-refractivity contribution in [2.24, 2.45) is 0 Å². The summed E-state index contributed by atoms with van der Waals surface area (Å²) in [4.78, 5) is 23.7. The van der Waals surface area contributed by atoms with Crippen LogP contribution in [-0.4, -0.2) is 18.5 Å². The summed E-state index contributed by atoms with van der Waals surface area (Å²) in [6.07, 6.45) is 0. The first-order valence-corrected chi connectivity index (χ1v) is 6.68. The SMILES string of the molecule is Cc1oc(C)c(C(=O)OCC(=O)Nc2ccccc2F)c1C. The van der Waals surface area contributed by atoms with Gasteiger partial charge in [-0.2, -0.15) is 0 Å². The highest BCUT2D eigenvalue weighted by atomic mass is 19.1. The van der Waals surface area contributed by atoms with Gasteiger partial charge in [0.1, 0.15) is 22.9 Å². The van der Waals surface area contributed by atoms with E-state index in [1.807, 2.05) is 0 Å². The number of rotatable bonds is 4. The summed E-state index contributed by atoms with van der Waals surface area (Å²) in [5.74, 6) is -0.751. The molecule has 116 valence electrons. The number of aryl methyl sites for hydroxylation is 2. The number of furan rings is 1. The normalized spacial score (nSPS) is 10.4. The van der Waals surface area contributed by atoms with E-state index in [1.54, 1.807) is 26.8 Å². The summed E-state index contributed by atoms with van der Waals surface area (Å²) in [7, 11) is 0. The fourth-order valence-electron chi connectivity index (χ4n) is 2.05. The van der Waals surface area contributed by atoms with Crippen LogP contribution in [0.4, 0.5) is 10.1 Å². The Balaban J connectivity index is 1.97. The molecule has 5 nitrogen and oxygen atoms in total. The molecule has 1 amide bonds. The molecule has 0 atom stereocenters. The number of anilines is 1. The first-order chi connectivity index (χ1) is 10.4. The van der Waals surface area contributed by atoms with E-state index in [0.717, 1.165) is 0 Å². The van der Waals surface area contributed by atoms with Crippen molar-refractivity contribution in [2.45, 2.75) is 20.8 Å². The molecule has 6 heteroatoms. The smallest absolute Gasteiger partial charge is 0.342 e. The minimum absolute atomic E-state index is 0.0371. The Morgan fingerprint density at radius 3 is 2.45 bits per heavy atom. The van der Waals surface area contributed by atoms with Crippen molar-refractivity contribution in [1.29, 1.82) is 0 Å². The summed E-state index contributed by atoms with van der Waals surface area (Å²) < 4.78 is 23.7. The molecule has 0 spiro atoms. The number of halogens is 1. The van der Waals surface area contributed by atoms with Gasteiger partial charge in [-0.1, -0.05) is 12.1 Å². The van der Waals surface area contributed by atoms with E-state index in [2.05, 4.69) is 5.32 Å². The van der Waals surface area contributed by atoms with Gasteiger partial charge in [0, 0.05) is 5.56 Å². The van der Waals surface area contributed by atoms with E-state index in [1.165, 1.54) is 18.2 Å². The molecule has 0 fully saturated rings. The Morgan fingerprint density at radius 1 is 1.18 bits per heavy atom. The van der Waals surface area contributed by atoms with Gasteiger partial charge in [0.25, 0.3) is 5.91 Å².